The maximum Gasteiger partial charge on any atom is 0.219 e. The molecule has 13 rings (SSSR count). The molecule has 0 radical (unpaired) electrons. The van der Waals surface area contributed by atoms with Crippen LogP contribution in [0.1, 0.15) is 0 Å². The van der Waals surface area contributed by atoms with E-state index in [-0.39, 0.29) is 0 Å². The maximum atomic E-state index is 6.37. The van der Waals surface area contributed by atoms with Gasteiger partial charge < -0.3 is 4.74 Å². The summed E-state index contributed by atoms with van der Waals surface area (Å²) in [6, 6.07) is 86.3. The van der Waals surface area contributed by atoms with Crippen LogP contribution in [0.2, 0.25) is 0 Å². The van der Waals surface area contributed by atoms with E-state index in [2.05, 4.69) is 175 Å². The zero-order valence-corrected chi connectivity index (χ0v) is 40.6. The van der Waals surface area contributed by atoms with E-state index in [1.54, 1.807) is 6.20 Å². The second kappa shape index (κ2) is 19.8. The Labute approximate surface area is 435 Å². The summed E-state index contributed by atoms with van der Waals surface area (Å²) in [5.41, 5.74) is 20.4. The summed E-state index contributed by atoms with van der Waals surface area (Å²) in [6.07, 6.45) is 7.75. The second-order valence-electron chi connectivity index (χ2n) is 18.5. The van der Waals surface area contributed by atoms with Gasteiger partial charge in [-0.2, -0.15) is 0 Å². The standard InChI is InChI=1S/C69H45N5O/c1-3-15-46(16-4-1)64-34-30-51(43-71-64)58-22-7-10-25-61(58)54-39-55(62-26-11-8-23-59(62)52-31-35-65(72-44-52)47-17-5-2-6-18-47)41-56(40-54)63-27-12-9-24-60(63)53-32-36-66(73-45-53)50-19-13-21-57(42-50)75-67-37-33-49-29-28-48-20-14-38-70-68(48)69(49)74-67/h1-45H. The minimum absolute atomic E-state index is 0.501. The molecule has 0 aliphatic carbocycles. The van der Waals surface area contributed by atoms with Crippen LogP contribution in [0.15, 0.2) is 274 Å². The van der Waals surface area contributed by atoms with Crippen molar-refractivity contribution in [3.05, 3.63) is 274 Å². The van der Waals surface area contributed by atoms with Gasteiger partial charge >= 0.3 is 0 Å². The Bertz CT molecular complexity index is 4040. The first-order valence-electron chi connectivity index (χ1n) is 25.0. The first-order valence-corrected chi connectivity index (χ1v) is 25.0. The highest BCUT2D eigenvalue weighted by atomic mass is 16.5. The van der Waals surface area contributed by atoms with Gasteiger partial charge in [0.15, 0.2) is 0 Å². The van der Waals surface area contributed by atoms with E-state index >= 15 is 0 Å². The third-order valence-electron chi connectivity index (χ3n) is 13.8. The molecule has 5 aromatic heterocycles. The first kappa shape index (κ1) is 44.7. The average Bonchev–Trinajstić information content (AvgIpc) is 3.50. The van der Waals surface area contributed by atoms with Crippen molar-refractivity contribution in [2.45, 2.75) is 0 Å². The van der Waals surface area contributed by atoms with Gasteiger partial charge in [-0.15, -0.1) is 0 Å². The summed E-state index contributed by atoms with van der Waals surface area (Å²) in [5, 5.41) is 2.04. The summed E-state index contributed by atoms with van der Waals surface area (Å²) in [5.74, 6) is 1.17. The van der Waals surface area contributed by atoms with Gasteiger partial charge in [-0.1, -0.05) is 182 Å². The third kappa shape index (κ3) is 9.09. The Morgan fingerprint density at radius 1 is 0.253 bits per heavy atom. The van der Waals surface area contributed by atoms with Crippen LogP contribution in [0.3, 0.4) is 0 Å². The molecule has 0 spiro atoms. The van der Waals surface area contributed by atoms with E-state index in [1.165, 1.54) is 0 Å². The fraction of sp³-hybridized carbons (Fsp3) is 0. The number of ether oxygens (including phenoxy) is 1. The fourth-order valence-corrected chi connectivity index (χ4v) is 10.0. The van der Waals surface area contributed by atoms with Crippen LogP contribution in [0.5, 0.6) is 11.6 Å². The number of hydrogen-bond donors (Lipinski definition) is 0. The molecule has 75 heavy (non-hydrogen) atoms. The van der Waals surface area contributed by atoms with Crippen molar-refractivity contribution in [3.8, 4) is 112 Å². The molecule has 5 heterocycles. The quantitative estimate of drug-likeness (QED) is 0.120. The minimum Gasteiger partial charge on any atom is -0.439 e. The lowest BCUT2D eigenvalue weighted by atomic mass is 9.86. The molecular formula is C69H45N5O. The molecule has 6 heteroatoms. The topological polar surface area (TPSA) is 73.7 Å². The van der Waals surface area contributed by atoms with Gasteiger partial charge in [0.1, 0.15) is 11.3 Å². The lowest BCUT2D eigenvalue weighted by Crippen LogP contribution is -1.93. The van der Waals surface area contributed by atoms with Crippen molar-refractivity contribution in [1.82, 2.24) is 24.9 Å². The van der Waals surface area contributed by atoms with E-state index in [4.69, 9.17) is 24.7 Å². The van der Waals surface area contributed by atoms with Crippen LogP contribution in [0.4, 0.5) is 0 Å². The van der Waals surface area contributed by atoms with Crippen LogP contribution in [0, 0.1) is 0 Å². The highest BCUT2D eigenvalue weighted by molar-refractivity contribution is 6.03. The minimum atomic E-state index is 0.501. The molecule has 8 aromatic carbocycles. The summed E-state index contributed by atoms with van der Waals surface area (Å²) in [7, 11) is 0. The molecule has 352 valence electrons. The van der Waals surface area contributed by atoms with Crippen molar-refractivity contribution in [3.63, 3.8) is 0 Å². The zero-order chi connectivity index (χ0) is 49.9. The van der Waals surface area contributed by atoms with Crippen molar-refractivity contribution < 1.29 is 4.74 Å². The number of hydrogen-bond acceptors (Lipinski definition) is 6. The molecule has 0 saturated heterocycles. The SMILES string of the molecule is c1ccc(-c2ccc(-c3ccccc3-c3cc(-c4ccccc4-c4ccc(-c5ccccc5)nc4)cc(-c4ccccc4-c4ccc(-c5cccc(Oc6ccc7ccc8cccnc8c7n6)c5)nc4)c3)cn2)cc1. The molecule has 0 N–H and O–H groups in total. The Kier molecular flexibility index (Phi) is 11.8. The number of nitrogens with zero attached hydrogens (tertiary/aromatic N) is 5. The van der Waals surface area contributed by atoms with Crippen LogP contribution >= 0.6 is 0 Å². The molecule has 0 fully saturated rings. The fourth-order valence-electron chi connectivity index (χ4n) is 10.0. The average molecular weight is 960 g/mol. The highest BCUT2D eigenvalue weighted by Gasteiger charge is 2.18. The Morgan fingerprint density at radius 3 is 1.13 bits per heavy atom. The lowest BCUT2D eigenvalue weighted by molar-refractivity contribution is 0.465. The predicted molar refractivity (Wildman–Crippen MR) is 306 cm³/mol. The molecule has 0 saturated carbocycles. The van der Waals surface area contributed by atoms with Gasteiger partial charge in [0, 0.05) is 75.0 Å². The van der Waals surface area contributed by atoms with Crippen molar-refractivity contribution in [1.29, 1.82) is 0 Å². The molecule has 0 bridgehead atoms. The van der Waals surface area contributed by atoms with E-state index < -0.39 is 0 Å². The Balaban J connectivity index is 0.874. The highest BCUT2D eigenvalue weighted by Crippen LogP contribution is 2.43. The molecule has 0 unspecified atom stereocenters. The third-order valence-corrected chi connectivity index (χ3v) is 13.8. The van der Waals surface area contributed by atoms with Crippen molar-refractivity contribution >= 4 is 21.8 Å². The Morgan fingerprint density at radius 2 is 0.667 bits per heavy atom. The van der Waals surface area contributed by atoms with Crippen LogP contribution < -0.4 is 4.74 Å². The normalized spacial score (nSPS) is 11.2. The number of pyridine rings is 5. The summed E-state index contributed by atoms with van der Waals surface area (Å²) >= 11 is 0. The summed E-state index contributed by atoms with van der Waals surface area (Å²) in [6.45, 7) is 0. The largest absolute Gasteiger partial charge is 0.439 e. The van der Waals surface area contributed by atoms with Gasteiger partial charge in [0.25, 0.3) is 0 Å². The van der Waals surface area contributed by atoms with Gasteiger partial charge in [-0.05, 0) is 111 Å². The van der Waals surface area contributed by atoms with Crippen LogP contribution in [-0.4, -0.2) is 24.9 Å². The zero-order valence-electron chi connectivity index (χ0n) is 40.6. The molecular weight excluding hydrogens is 915 g/mol. The Hall–Kier alpha value is -10.2. The van der Waals surface area contributed by atoms with Gasteiger partial charge in [0.2, 0.25) is 5.88 Å². The second-order valence-corrected chi connectivity index (χ2v) is 18.5. The van der Waals surface area contributed by atoms with Gasteiger partial charge in [-0.25, -0.2) is 4.98 Å². The molecule has 0 aliphatic heterocycles. The number of rotatable bonds is 11. The summed E-state index contributed by atoms with van der Waals surface area (Å²) in [4.78, 5) is 24.5. The maximum absolute atomic E-state index is 6.37. The lowest BCUT2D eigenvalue weighted by Gasteiger charge is -2.18. The number of aromatic nitrogens is 5. The van der Waals surface area contributed by atoms with Crippen molar-refractivity contribution in [2.24, 2.45) is 0 Å². The molecule has 0 amide bonds. The molecule has 6 nitrogen and oxygen atoms in total. The molecule has 13 aromatic rings. The monoisotopic (exact) mass is 959 g/mol. The van der Waals surface area contributed by atoms with Gasteiger partial charge in [-0.3, -0.25) is 19.9 Å². The van der Waals surface area contributed by atoms with E-state index in [9.17, 15) is 0 Å². The predicted octanol–water partition coefficient (Wildman–Crippen LogP) is 17.8. The van der Waals surface area contributed by atoms with Crippen LogP contribution in [0.25, 0.3) is 122 Å². The molecule has 0 aliphatic rings. The van der Waals surface area contributed by atoms with Gasteiger partial charge in [0.05, 0.1) is 22.6 Å². The van der Waals surface area contributed by atoms with Crippen molar-refractivity contribution in [2.75, 3.05) is 0 Å². The van der Waals surface area contributed by atoms with E-state index in [1.807, 2.05) is 97.5 Å². The molecule has 0 atom stereocenters. The van der Waals surface area contributed by atoms with E-state index in [0.29, 0.717) is 11.6 Å². The summed E-state index contributed by atoms with van der Waals surface area (Å²) < 4.78 is 6.37. The number of fused-ring (bicyclic) bond motifs is 3. The number of benzene rings is 8. The van der Waals surface area contributed by atoms with Crippen LogP contribution in [-0.2, 0) is 0 Å². The first-order chi connectivity index (χ1) is 37.1. The smallest absolute Gasteiger partial charge is 0.219 e. The van der Waals surface area contributed by atoms with E-state index in [0.717, 1.165) is 122 Å².